The Hall–Kier alpha value is -1.85. The van der Waals surface area contributed by atoms with Crippen LogP contribution in [0, 0.1) is 0 Å². The Balaban J connectivity index is 2.73. The molecule has 6 heteroatoms. The van der Waals surface area contributed by atoms with Gasteiger partial charge in [-0.05, 0) is 20.8 Å². The van der Waals surface area contributed by atoms with Crippen LogP contribution in [0.5, 0.6) is 0 Å². The summed E-state index contributed by atoms with van der Waals surface area (Å²) in [5.41, 5.74) is 0. The van der Waals surface area contributed by atoms with E-state index < -0.39 is 5.97 Å². The summed E-state index contributed by atoms with van der Waals surface area (Å²) in [5, 5.41) is 11.7. The molecule has 0 fully saturated rings. The Bertz CT molecular complexity index is 409. The molecule has 100 valence electrons. The van der Waals surface area contributed by atoms with Gasteiger partial charge in [0, 0.05) is 25.2 Å². The van der Waals surface area contributed by atoms with Gasteiger partial charge < -0.3 is 15.3 Å². The third-order valence-electron chi connectivity index (χ3n) is 2.66. The highest BCUT2D eigenvalue weighted by Crippen LogP contribution is 2.15. The standard InChI is InChI=1S/C12H20N4O2/c1-8(2)16(4)11-6-10(13-7-14-11)15-9(3)5-12(17)18/h6-9H,5H2,1-4H3,(H,17,18)(H,13,14,15). The maximum Gasteiger partial charge on any atom is 0.305 e. The summed E-state index contributed by atoms with van der Waals surface area (Å²) in [7, 11) is 1.96. The highest BCUT2D eigenvalue weighted by atomic mass is 16.4. The van der Waals surface area contributed by atoms with Crippen LogP contribution in [0.2, 0.25) is 0 Å². The molecular weight excluding hydrogens is 232 g/mol. The number of anilines is 2. The van der Waals surface area contributed by atoms with Crippen molar-refractivity contribution in [1.82, 2.24) is 9.97 Å². The maximum atomic E-state index is 10.6. The topological polar surface area (TPSA) is 78.4 Å². The molecule has 0 spiro atoms. The summed E-state index contributed by atoms with van der Waals surface area (Å²) < 4.78 is 0. The summed E-state index contributed by atoms with van der Waals surface area (Å²) in [6, 6.07) is 1.98. The number of nitrogens with one attached hydrogen (secondary N) is 1. The molecule has 1 atom stereocenters. The molecule has 1 heterocycles. The normalized spacial score (nSPS) is 12.3. The number of hydrogen-bond acceptors (Lipinski definition) is 5. The maximum absolute atomic E-state index is 10.6. The van der Waals surface area contributed by atoms with Crippen LogP contribution in [-0.2, 0) is 4.79 Å². The van der Waals surface area contributed by atoms with Crippen LogP contribution in [-0.4, -0.2) is 40.2 Å². The molecule has 0 aliphatic carbocycles. The number of carboxylic acids is 1. The summed E-state index contributed by atoms with van der Waals surface area (Å²) in [4.78, 5) is 20.9. The van der Waals surface area contributed by atoms with Crippen molar-refractivity contribution < 1.29 is 9.90 Å². The number of hydrogen-bond donors (Lipinski definition) is 2. The Morgan fingerprint density at radius 2 is 2.11 bits per heavy atom. The second-order valence-electron chi connectivity index (χ2n) is 4.61. The van der Waals surface area contributed by atoms with Crippen molar-refractivity contribution in [3.63, 3.8) is 0 Å². The van der Waals surface area contributed by atoms with E-state index >= 15 is 0 Å². The number of aromatic nitrogens is 2. The van der Waals surface area contributed by atoms with E-state index in [1.807, 2.05) is 24.9 Å². The van der Waals surface area contributed by atoms with Crippen LogP contribution in [0.3, 0.4) is 0 Å². The lowest BCUT2D eigenvalue weighted by Gasteiger charge is -2.23. The van der Waals surface area contributed by atoms with Crippen molar-refractivity contribution in [2.24, 2.45) is 0 Å². The molecule has 1 aromatic heterocycles. The van der Waals surface area contributed by atoms with Gasteiger partial charge in [0.2, 0.25) is 0 Å². The van der Waals surface area contributed by atoms with Gasteiger partial charge in [-0.1, -0.05) is 0 Å². The number of aliphatic carboxylic acids is 1. The van der Waals surface area contributed by atoms with Crippen LogP contribution in [0.25, 0.3) is 0 Å². The van der Waals surface area contributed by atoms with Crippen molar-refractivity contribution in [1.29, 1.82) is 0 Å². The molecule has 0 bridgehead atoms. The van der Waals surface area contributed by atoms with Crippen molar-refractivity contribution in [3.8, 4) is 0 Å². The molecule has 1 rings (SSSR count). The Kier molecular flexibility index (Phi) is 4.88. The van der Waals surface area contributed by atoms with Gasteiger partial charge in [-0.2, -0.15) is 0 Å². The van der Waals surface area contributed by atoms with Gasteiger partial charge in [0.15, 0.2) is 0 Å². The van der Waals surface area contributed by atoms with Crippen LogP contribution in [0.4, 0.5) is 11.6 Å². The van der Waals surface area contributed by atoms with E-state index in [0.29, 0.717) is 11.9 Å². The van der Waals surface area contributed by atoms with Crippen LogP contribution in [0.1, 0.15) is 27.2 Å². The lowest BCUT2D eigenvalue weighted by molar-refractivity contribution is -0.137. The highest BCUT2D eigenvalue weighted by molar-refractivity contribution is 5.68. The summed E-state index contributed by atoms with van der Waals surface area (Å²) in [5.74, 6) is 0.620. The lowest BCUT2D eigenvalue weighted by atomic mass is 10.2. The fraction of sp³-hybridized carbons (Fsp3) is 0.583. The Morgan fingerprint density at radius 3 is 2.67 bits per heavy atom. The smallest absolute Gasteiger partial charge is 0.305 e. The van der Waals surface area contributed by atoms with E-state index in [0.717, 1.165) is 5.82 Å². The van der Waals surface area contributed by atoms with Crippen molar-refractivity contribution in [2.45, 2.75) is 39.3 Å². The quantitative estimate of drug-likeness (QED) is 0.800. The van der Waals surface area contributed by atoms with Crippen molar-refractivity contribution in [2.75, 3.05) is 17.3 Å². The number of carboxylic acid groups (broad SMARTS) is 1. The molecule has 1 unspecified atom stereocenters. The highest BCUT2D eigenvalue weighted by Gasteiger charge is 2.10. The molecule has 0 saturated heterocycles. The third-order valence-corrected chi connectivity index (χ3v) is 2.66. The van der Waals surface area contributed by atoms with Gasteiger partial charge in [0.1, 0.15) is 18.0 Å². The zero-order chi connectivity index (χ0) is 13.7. The predicted octanol–water partition coefficient (Wildman–Crippen LogP) is 1.60. The summed E-state index contributed by atoms with van der Waals surface area (Å²) in [6.07, 6.45) is 1.53. The first kappa shape index (κ1) is 14.2. The first-order chi connectivity index (χ1) is 8.40. The summed E-state index contributed by atoms with van der Waals surface area (Å²) >= 11 is 0. The molecule has 6 nitrogen and oxygen atoms in total. The molecule has 0 aromatic carbocycles. The van der Waals surface area contributed by atoms with Crippen LogP contribution < -0.4 is 10.2 Å². The molecule has 2 N–H and O–H groups in total. The van der Waals surface area contributed by atoms with E-state index in [-0.39, 0.29) is 12.5 Å². The molecule has 0 aliphatic rings. The van der Waals surface area contributed by atoms with Gasteiger partial charge in [0.05, 0.1) is 6.42 Å². The minimum Gasteiger partial charge on any atom is -0.481 e. The molecular formula is C12H20N4O2. The van der Waals surface area contributed by atoms with Gasteiger partial charge in [-0.15, -0.1) is 0 Å². The minimum atomic E-state index is -0.830. The predicted molar refractivity (Wildman–Crippen MR) is 70.9 cm³/mol. The molecule has 0 amide bonds. The molecule has 0 saturated carbocycles. The Morgan fingerprint density at radius 1 is 1.44 bits per heavy atom. The fourth-order valence-electron chi connectivity index (χ4n) is 1.45. The van der Waals surface area contributed by atoms with Gasteiger partial charge in [-0.3, -0.25) is 4.79 Å². The average molecular weight is 252 g/mol. The zero-order valence-corrected chi connectivity index (χ0v) is 11.2. The SMILES string of the molecule is CC(CC(=O)O)Nc1cc(N(C)C(C)C)ncn1. The number of nitrogens with zero attached hydrogens (tertiary/aromatic N) is 3. The second-order valence-corrected chi connectivity index (χ2v) is 4.61. The van der Waals surface area contributed by atoms with E-state index in [2.05, 4.69) is 29.1 Å². The van der Waals surface area contributed by atoms with E-state index in [1.165, 1.54) is 6.33 Å². The van der Waals surface area contributed by atoms with Gasteiger partial charge in [0.25, 0.3) is 0 Å². The monoisotopic (exact) mass is 252 g/mol. The lowest BCUT2D eigenvalue weighted by Crippen LogP contribution is -2.27. The molecule has 0 radical (unpaired) electrons. The fourth-order valence-corrected chi connectivity index (χ4v) is 1.45. The number of carbonyl (C=O) groups is 1. The molecule has 1 aromatic rings. The first-order valence-corrected chi connectivity index (χ1v) is 5.93. The van der Waals surface area contributed by atoms with E-state index in [9.17, 15) is 4.79 Å². The average Bonchev–Trinajstić information content (AvgIpc) is 2.26. The van der Waals surface area contributed by atoms with E-state index in [4.69, 9.17) is 5.11 Å². The molecule has 18 heavy (non-hydrogen) atoms. The van der Waals surface area contributed by atoms with Crippen LogP contribution >= 0.6 is 0 Å². The Labute approximate surface area is 107 Å². The van der Waals surface area contributed by atoms with Gasteiger partial charge >= 0.3 is 5.97 Å². The minimum absolute atomic E-state index is 0.0549. The van der Waals surface area contributed by atoms with Crippen LogP contribution in [0.15, 0.2) is 12.4 Å². The van der Waals surface area contributed by atoms with Gasteiger partial charge in [-0.25, -0.2) is 9.97 Å². The van der Waals surface area contributed by atoms with Crippen molar-refractivity contribution >= 4 is 17.6 Å². The largest absolute Gasteiger partial charge is 0.481 e. The second kappa shape index (κ2) is 6.18. The first-order valence-electron chi connectivity index (χ1n) is 5.93. The van der Waals surface area contributed by atoms with E-state index in [1.54, 1.807) is 0 Å². The summed E-state index contributed by atoms with van der Waals surface area (Å²) in [6.45, 7) is 5.95. The van der Waals surface area contributed by atoms with Crippen molar-refractivity contribution in [3.05, 3.63) is 12.4 Å². The third kappa shape index (κ3) is 4.20. The zero-order valence-electron chi connectivity index (χ0n) is 11.2. The number of rotatable bonds is 6. The molecule has 0 aliphatic heterocycles.